The molecule has 3 rings (SSSR count). The van der Waals surface area contributed by atoms with Crippen LogP contribution in [0.4, 0.5) is 0 Å². The molecule has 1 N–H and O–H groups in total. The molecule has 7 nitrogen and oxygen atoms in total. The third-order valence-electron chi connectivity index (χ3n) is 3.39. The van der Waals surface area contributed by atoms with Crippen LogP contribution in [0.2, 0.25) is 0 Å². The van der Waals surface area contributed by atoms with Gasteiger partial charge in [-0.1, -0.05) is 17.3 Å². The van der Waals surface area contributed by atoms with Crippen molar-refractivity contribution in [2.24, 2.45) is 0 Å². The fourth-order valence-electron chi connectivity index (χ4n) is 2.21. The Hall–Kier alpha value is -2.32. The van der Waals surface area contributed by atoms with Crippen LogP contribution in [0.1, 0.15) is 35.4 Å². The van der Waals surface area contributed by atoms with Crippen molar-refractivity contribution in [3.63, 3.8) is 0 Å². The average molecular weight is 345 g/mol. The van der Waals surface area contributed by atoms with Gasteiger partial charge in [-0.05, 0) is 40.1 Å². The fraction of sp³-hybridized carbons (Fsp3) is 0.375. The highest BCUT2D eigenvalue weighted by atomic mass is 32.1. The minimum atomic E-state index is -0.761. The van der Waals surface area contributed by atoms with E-state index in [0.717, 1.165) is 10.2 Å². The lowest BCUT2D eigenvalue weighted by Gasteiger charge is -2.21. The first-order valence-corrected chi connectivity index (χ1v) is 8.33. The van der Waals surface area contributed by atoms with Gasteiger partial charge in [-0.3, -0.25) is 4.79 Å². The van der Waals surface area contributed by atoms with Crippen molar-refractivity contribution in [2.45, 2.75) is 25.9 Å². The molecule has 126 valence electrons. The summed E-state index contributed by atoms with van der Waals surface area (Å²) in [5.74, 6) is 0.700. The summed E-state index contributed by atoms with van der Waals surface area (Å²) in [6, 6.07) is 7.67. The molecule has 0 saturated carbocycles. The first-order chi connectivity index (χ1) is 11.3. The number of para-hydroxylation sites is 1. The molecule has 1 amide bonds. The molecule has 2 heterocycles. The number of rotatable bonds is 5. The number of nitrogens with one attached hydrogen (secondary N) is 1. The Balaban J connectivity index is 1.77. The van der Waals surface area contributed by atoms with E-state index in [1.807, 2.05) is 57.1 Å². The number of benzene rings is 1. The predicted octanol–water partition coefficient (Wildman–Crippen LogP) is 2.41. The SMILES string of the molecule is CN(C)Cc1nc(C(C)(C)NC(=O)c2nc3ccccc3s2)no1. The molecule has 0 saturated heterocycles. The second-order valence-electron chi connectivity index (χ2n) is 6.32. The van der Waals surface area contributed by atoms with Crippen LogP contribution >= 0.6 is 11.3 Å². The van der Waals surface area contributed by atoms with Crippen molar-refractivity contribution >= 4 is 27.5 Å². The summed E-state index contributed by atoms with van der Waals surface area (Å²) in [6.45, 7) is 4.22. The molecule has 0 atom stereocenters. The van der Waals surface area contributed by atoms with Crippen molar-refractivity contribution in [1.29, 1.82) is 0 Å². The molecule has 8 heteroatoms. The Labute approximate surface area is 143 Å². The molecule has 0 aliphatic rings. The molecule has 0 unspecified atom stereocenters. The number of fused-ring (bicyclic) bond motifs is 1. The van der Waals surface area contributed by atoms with E-state index >= 15 is 0 Å². The van der Waals surface area contributed by atoms with Crippen molar-refractivity contribution in [2.75, 3.05) is 14.1 Å². The van der Waals surface area contributed by atoms with Crippen LogP contribution in [0.5, 0.6) is 0 Å². The first-order valence-electron chi connectivity index (χ1n) is 7.51. The lowest BCUT2D eigenvalue weighted by atomic mass is 10.1. The summed E-state index contributed by atoms with van der Waals surface area (Å²) < 4.78 is 6.21. The zero-order valence-electron chi connectivity index (χ0n) is 14.0. The van der Waals surface area contributed by atoms with Crippen LogP contribution in [0.25, 0.3) is 10.2 Å². The minimum Gasteiger partial charge on any atom is -0.338 e. The molecule has 0 radical (unpaired) electrons. The second kappa shape index (κ2) is 6.29. The van der Waals surface area contributed by atoms with Gasteiger partial charge < -0.3 is 14.7 Å². The van der Waals surface area contributed by atoms with Gasteiger partial charge in [0.1, 0.15) is 0 Å². The van der Waals surface area contributed by atoms with E-state index in [4.69, 9.17) is 4.52 Å². The molecule has 1 aromatic carbocycles. The third kappa shape index (κ3) is 3.44. The van der Waals surface area contributed by atoms with Gasteiger partial charge in [0.25, 0.3) is 5.91 Å². The molecule has 3 aromatic rings. The van der Waals surface area contributed by atoms with Gasteiger partial charge in [-0.2, -0.15) is 4.98 Å². The number of hydrogen-bond donors (Lipinski definition) is 1. The summed E-state index contributed by atoms with van der Waals surface area (Å²) in [7, 11) is 3.84. The highest BCUT2D eigenvalue weighted by molar-refractivity contribution is 7.20. The molecule has 0 fully saturated rings. The fourth-order valence-corrected chi connectivity index (χ4v) is 3.07. The lowest BCUT2D eigenvalue weighted by Crippen LogP contribution is -2.41. The van der Waals surface area contributed by atoms with E-state index in [9.17, 15) is 4.79 Å². The predicted molar refractivity (Wildman–Crippen MR) is 91.8 cm³/mol. The molecule has 2 aromatic heterocycles. The maximum Gasteiger partial charge on any atom is 0.281 e. The Morgan fingerprint density at radius 3 is 2.75 bits per heavy atom. The number of thiazole rings is 1. The van der Waals surface area contributed by atoms with Crippen LogP contribution in [0, 0.1) is 0 Å². The minimum absolute atomic E-state index is 0.250. The summed E-state index contributed by atoms with van der Waals surface area (Å²) >= 11 is 1.36. The Bertz CT molecular complexity index is 835. The molecule has 0 spiro atoms. The van der Waals surface area contributed by atoms with E-state index in [2.05, 4.69) is 20.4 Å². The van der Waals surface area contributed by atoms with Gasteiger partial charge in [0, 0.05) is 0 Å². The maximum atomic E-state index is 12.5. The van der Waals surface area contributed by atoms with E-state index < -0.39 is 5.54 Å². The summed E-state index contributed by atoms with van der Waals surface area (Å²) in [6.07, 6.45) is 0. The molecular weight excluding hydrogens is 326 g/mol. The molecular formula is C16H19N5O2S. The summed E-state index contributed by atoms with van der Waals surface area (Å²) in [4.78, 5) is 23.2. The second-order valence-corrected chi connectivity index (χ2v) is 7.35. The summed E-state index contributed by atoms with van der Waals surface area (Å²) in [5.41, 5.74) is 0.0569. The zero-order chi connectivity index (χ0) is 17.3. The van der Waals surface area contributed by atoms with E-state index in [1.165, 1.54) is 11.3 Å². The number of carbonyl (C=O) groups is 1. The molecule has 0 bridgehead atoms. The number of amides is 1. The molecule has 24 heavy (non-hydrogen) atoms. The topological polar surface area (TPSA) is 84.2 Å². The summed E-state index contributed by atoms with van der Waals surface area (Å²) in [5, 5.41) is 7.33. The Morgan fingerprint density at radius 2 is 2.04 bits per heavy atom. The number of hydrogen-bond acceptors (Lipinski definition) is 7. The maximum absolute atomic E-state index is 12.5. The standard InChI is InChI=1S/C16H19N5O2S/c1-16(2,15-18-12(23-20-15)9-21(3)4)19-13(22)14-17-10-7-5-6-8-11(10)24-14/h5-8H,9H2,1-4H3,(H,19,22). The number of aromatic nitrogens is 3. The quantitative estimate of drug-likeness (QED) is 0.764. The van der Waals surface area contributed by atoms with Gasteiger partial charge in [-0.25, -0.2) is 4.98 Å². The normalized spacial score (nSPS) is 12.0. The van der Waals surface area contributed by atoms with Crippen LogP contribution in [-0.2, 0) is 12.1 Å². The van der Waals surface area contributed by atoms with Crippen molar-refractivity contribution < 1.29 is 9.32 Å². The first kappa shape index (κ1) is 16.5. The highest BCUT2D eigenvalue weighted by Crippen LogP contribution is 2.23. The number of carbonyl (C=O) groups excluding carboxylic acids is 1. The average Bonchev–Trinajstić information content (AvgIpc) is 3.12. The third-order valence-corrected chi connectivity index (χ3v) is 4.43. The number of nitrogens with zero attached hydrogens (tertiary/aromatic N) is 4. The highest BCUT2D eigenvalue weighted by Gasteiger charge is 2.30. The van der Waals surface area contributed by atoms with Gasteiger partial charge in [0.15, 0.2) is 10.8 Å². The van der Waals surface area contributed by atoms with Crippen LogP contribution < -0.4 is 5.32 Å². The van der Waals surface area contributed by atoms with E-state index in [1.54, 1.807) is 0 Å². The lowest BCUT2D eigenvalue weighted by molar-refractivity contribution is 0.0907. The van der Waals surface area contributed by atoms with Gasteiger partial charge in [0.05, 0.1) is 22.3 Å². The molecule has 0 aliphatic carbocycles. The molecule has 0 aliphatic heterocycles. The van der Waals surface area contributed by atoms with E-state index in [-0.39, 0.29) is 5.91 Å². The van der Waals surface area contributed by atoms with Crippen molar-refractivity contribution in [1.82, 2.24) is 25.3 Å². The Kier molecular flexibility index (Phi) is 4.33. The smallest absolute Gasteiger partial charge is 0.281 e. The van der Waals surface area contributed by atoms with Gasteiger partial charge in [-0.15, -0.1) is 11.3 Å². The van der Waals surface area contributed by atoms with E-state index in [0.29, 0.717) is 23.3 Å². The van der Waals surface area contributed by atoms with Crippen LogP contribution in [-0.4, -0.2) is 40.0 Å². The van der Waals surface area contributed by atoms with Gasteiger partial charge >= 0.3 is 0 Å². The largest absolute Gasteiger partial charge is 0.338 e. The Morgan fingerprint density at radius 1 is 1.29 bits per heavy atom. The van der Waals surface area contributed by atoms with Crippen LogP contribution in [0.15, 0.2) is 28.8 Å². The monoisotopic (exact) mass is 345 g/mol. The van der Waals surface area contributed by atoms with Crippen LogP contribution in [0.3, 0.4) is 0 Å². The van der Waals surface area contributed by atoms with Gasteiger partial charge in [0.2, 0.25) is 5.89 Å². The van der Waals surface area contributed by atoms with Crippen molar-refractivity contribution in [3.05, 3.63) is 41.0 Å². The zero-order valence-corrected chi connectivity index (χ0v) is 14.8. The van der Waals surface area contributed by atoms with Crippen molar-refractivity contribution in [3.8, 4) is 0 Å².